The summed E-state index contributed by atoms with van der Waals surface area (Å²) in [5.74, 6) is 0. The number of fused-ring (bicyclic) bond motifs is 1. The maximum Gasteiger partial charge on any atom is 0.416 e. The Bertz CT molecular complexity index is 448. The average Bonchev–Trinajstić information content (AvgIpc) is 2.80. The SMILES string of the molecule is CCCN(CCC)C1Cc2ccc(C(F)(F)F)cc2C1. The van der Waals surface area contributed by atoms with Gasteiger partial charge in [0.05, 0.1) is 5.56 Å². The molecular weight excluding hydrogens is 263 g/mol. The molecule has 112 valence electrons. The molecule has 4 heteroatoms. The van der Waals surface area contributed by atoms with Crippen molar-refractivity contribution in [1.29, 1.82) is 0 Å². The summed E-state index contributed by atoms with van der Waals surface area (Å²) in [6, 6.07) is 4.58. The molecule has 0 fully saturated rings. The van der Waals surface area contributed by atoms with E-state index in [-0.39, 0.29) is 0 Å². The summed E-state index contributed by atoms with van der Waals surface area (Å²) in [7, 11) is 0. The third-order valence-corrected chi connectivity index (χ3v) is 3.98. The molecule has 1 aromatic rings. The number of rotatable bonds is 5. The quantitative estimate of drug-likeness (QED) is 0.780. The fourth-order valence-corrected chi connectivity index (χ4v) is 3.08. The molecule has 20 heavy (non-hydrogen) atoms. The van der Waals surface area contributed by atoms with Crippen LogP contribution in [0.25, 0.3) is 0 Å². The van der Waals surface area contributed by atoms with Gasteiger partial charge in [0.2, 0.25) is 0 Å². The lowest BCUT2D eigenvalue weighted by atomic mass is 10.1. The lowest BCUT2D eigenvalue weighted by Crippen LogP contribution is -2.37. The number of hydrogen-bond acceptors (Lipinski definition) is 1. The molecule has 1 aromatic carbocycles. The van der Waals surface area contributed by atoms with E-state index in [9.17, 15) is 13.2 Å². The molecule has 1 aliphatic rings. The predicted molar refractivity (Wildman–Crippen MR) is 74.8 cm³/mol. The van der Waals surface area contributed by atoms with Crippen molar-refractivity contribution >= 4 is 0 Å². The molecule has 1 nitrogen and oxygen atoms in total. The second-order valence-corrected chi connectivity index (χ2v) is 5.58. The first-order chi connectivity index (χ1) is 9.45. The number of hydrogen-bond donors (Lipinski definition) is 0. The van der Waals surface area contributed by atoms with Gasteiger partial charge in [0.25, 0.3) is 0 Å². The lowest BCUT2D eigenvalue weighted by Gasteiger charge is -2.27. The van der Waals surface area contributed by atoms with E-state index >= 15 is 0 Å². The third-order valence-electron chi connectivity index (χ3n) is 3.98. The largest absolute Gasteiger partial charge is 0.416 e. The van der Waals surface area contributed by atoms with Gasteiger partial charge in [-0.25, -0.2) is 0 Å². The minimum absolute atomic E-state index is 0.369. The highest BCUT2D eigenvalue weighted by Crippen LogP contribution is 2.34. The maximum absolute atomic E-state index is 12.7. The van der Waals surface area contributed by atoms with Crippen LogP contribution < -0.4 is 0 Å². The monoisotopic (exact) mass is 285 g/mol. The summed E-state index contributed by atoms with van der Waals surface area (Å²) >= 11 is 0. The van der Waals surface area contributed by atoms with E-state index in [1.807, 2.05) is 0 Å². The van der Waals surface area contributed by atoms with Gasteiger partial charge in [0.1, 0.15) is 0 Å². The first kappa shape index (κ1) is 15.4. The van der Waals surface area contributed by atoms with Crippen LogP contribution in [0.4, 0.5) is 13.2 Å². The van der Waals surface area contributed by atoms with Crippen LogP contribution in [0.1, 0.15) is 43.4 Å². The molecule has 0 aliphatic heterocycles. The number of halogens is 3. The van der Waals surface area contributed by atoms with Gasteiger partial charge in [-0.05, 0) is 62.0 Å². The van der Waals surface area contributed by atoms with Crippen molar-refractivity contribution in [3.05, 3.63) is 34.9 Å². The molecule has 0 saturated carbocycles. The lowest BCUT2D eigenvalue weighted by molar-refractivity contribution is -0.137. The van der Waals surface area contributed by atoms with Crippen molar-refractivity contribution < 1.29 is 13.2 Å². The second-order valence-electron chi connectivity index (χ2n) is 5.58. The van der Waals surface area contributed by atoms with Crippen LogP contribution in [0.3, 0.4) is 0 Å². The highest BCUT2D eigenvalue weighted by Gasteiger charge is 2.33. The van der Waals surface area contributed by atoms with Gasteiger partial charge in [-0.2, -0.15) is 13.2 Å². The topological polar surface area (TPSA) is 3.24 Å². The van der Waals surface area contributed by atoms with E-state index in [2.05, 4.69) is 18.7 Å². The van der Waals surface area contributed by atoms with E-state index in [1.165, 1.54) is 12.1 Å². The van der Waals surface area contributed by atoms with Crippen LogP contribution in [-0.4, -0.2) is 24.0 Å². The maximum atomic E-state index is 12.7. The van der Waals surface area contributed by atoms with Crippen LogP contribution in [0.2, 0.25) is 0 Å². The van der Waals surface area contributed by atoms with Gasteiger partial charge in [-0.3, -0.25) is 4.90 Å². The van der Waals surface area contributed by atoms with E-state index < -0.39 is 11.7 Å². The smallest absolute Gasteiger partial charge is 0.300 e. The molecular formula is C16H22F3N. The fourth-order valence-electron chi connectivity index (χ4n) is 3.08. The zero-order valence-corrected chi connectivity index (χ0v) is 12.1. The molecule has 0 N–H and O–H groups in total. The molecule has 1 atom stereocenters. The Kier molecular flexibility index (Phi) is 4.74. The van der Waals surface area contributed by atoms with Crippen molar-refractivity contribution in [2.24, 2.45) is 0 Å². The average molecular weight is 285 g/mol. The van der Waals surface area contributed by atoms with E-state index in [0.717, 1.165) is 49.9 Å². The molecule has 1 unspecified atom stereocenters. The molecule has 0 spiro atoms. The molecule has 0 radical (unpaired) electrons. The highest BCUT2D eigenvalue weighted by atomic mass is 19.4. The van der Waals surface area contributed by atoms with E-state index in [4.69, 9.17) is 0 Å². The van der Waals surface area contributed by atoms with Crippen molar-refractivity contribution in [3.8, 4) is 0 Å². The summed E-state index contributed by atoms with van der Waals surface area (Å²) in [6.07, 6.45) is -0.437. The van der Waals surface area contributed by atoms with Gasteiger partial charge in [-0.15, -0.1) is 0 Å². The van der Waals surface area contributed by atoms with Crippen molar-refractivity contribution in [1.82, 2.24) is 4.90 Å². The summed E-state index contributed by atoms with van der Waals surface area (Å²) in [5.41, 5.74) is 1.44. The molecule has 0 bridgehead atoms. The van der Waals surface area contributed by atoms with Gasteiger partial charge in [0, 0.05) is 6.04 Å². The van der Waals surface area contributed by atoms with Crippen LogP contribution >= 0.6 is 0 Å². The molecule has 0 saturated heterocycles. The van der Waals surface area contributed by atoms with Crippen LogP contribution in [0.15, 0.2) is 18.2 Å². The summed E-state index contributed by atoms with van der Waals surface area (Å²) in [4.78, 5) is 2.42. The number of alkyl halides is 3. The Morgan fingerprint density at radius 2 is 1.65 bits per heavy atom. The standard InChI is InChI=1S/C16H22F3N/c1-3-7-20(8-4-2)15-10-12-5-6-14(16(17,18)19)9-13(12)11-15/h5-6,9,15H,3-4,7-8,10-11H2,1-2H3. The molecule has 2 rings (SSSR count). The van der Waals surface area contributed by atoms with Crippen LogP contribution in [-0.2, 0) is 19.0 Å². The Morgan fingerprint density at radius 3 is 2.20 bits per heavy atom. The molecule has 1 aliphatic carbocycles. The number of nitrogens with zero attached hydrogens (tertiary/aromatic N) is 1. The molecule has 0 amide bonds. The predicted octanol–water partition coefficient (Wildman–Crippen LogP) is 4.29. The first-order valence-electron chi connectivity index (χ1n) is 7.38. The minimum Gasteiger partial charge on any atom is -0.300 e. The molecule has 0 aromatic heterocycles. The van der Waals surface area contributed by atoms with E-state index in [1.54, 1.807) is 6.07 Å². The Morgan fingerprint density at radius 1 is 1.05 bits per heavy atom. The van der Waals surface area contributed by atoms with Gasteiger partial charge < -0.3 is 0 Å². The van der Waals surface area contributed by atoms with Crippen LogP contribution in [0, 0.1) is 0 Å². The molecule has 0 heterocycles. The fraction of sp³-hybridized carbons (Fsp3) is 0.625. The summed E-state index contributed by atoms with van der Waals surface area (Å²) in [6.45, 7) is 6.34. The Hall–Kier alpha value is -1.03. The Balaban J connectivity index is 2.14. The van der Waals surface area contributed by atoms with Gasteiger partial charge in [-0.1, -0.05) is 19.9 Å². The highest BCUT2D eigenvalue weighted by molar-refractivity contribution is 5.38. The van der Waals surface area contributed by atoms with Crippen molar-refractivity contribution in [3.63, 3.8) is 0 Å². The summed E-state index contributed by atoms with van der Waals surface area (Å²) in [5, 5.41) is 0. The zero-order valence-electron chi connectivity index (χ0n) is 12.1. The summed E-state index contributed by atoms with van der Waals surface area (Å²) < 4.78 is 38.2. The van der Waals surface area contributed by atoms with Gasteiger partial charge in [0.15, 0.2) is 0 Å². The van der Waals surface area contributed by atoms with E-state index in [0.29, 0.717) is 6.04 Å². The normalized spacial score (nSPS) is 18.6. The second kappa shape index (κ2) is 6.17. The van der Waals surface area contributed by atoms with Crippen molar-refractivity contribution in [2.75, 3.05) is 13.1 Å². The number of benzene rings is 1. The Labute approximate surface area is 118 Å². The first-order valence-corrected chi connectivity index (χ1v) is 7.38. The van der Waals surface area contributed by atoms with Crippen LogP contribution in [0.5, 0.6) is 0 Å². The van der Waals surface area contributed by atoms with Gasteiger partial charge >= 0.3 is 6.18 Å². The third kappa shape index (κ3) is 3.35. The minimum atomic E-state index is -4.24. The van der Waals surface area contributed by atoms with Crippen molar-refractivity contribution in [2.45, 2.75) is 51.7 Å². The zero-order chi connectivity index (χ0) is 14.8.